The molecule has 0 fully saturated rings. The molecule has 0 saturated heterocycles. The number of para-hydroxylation sites is 1. The van der Waals surface area contributed by atoms with Gasteiger partial charge >= 0.3 is 0 Å². The number of carbonyl (C=O) groups is 1. The molecule has 1 aromatic heterocycles. The van der Waals surface area contributed by atoms with E-state index in [0.29, 0.717) is 4.90 Å². The first-order valence-corrected chi connectivity index (χ1v) is 9.21. The van der Waals surface area contributed by atoms with Crippen LogP contribution in [0.5, 0.6) is 0 Å². The summed E-state index contributed by atoms with van der Waals surface area (Å²) in [5.41, 5.74) is 1.86. The number of halogens is 1. The Labute approximate surface area is 151 Å². The zero-order valence-electron chi connectivity index (χ0n) is 14.3. The number of hydrogen-bond donors (Lipinski definition) is 2. The fourth-order valence-electron chi connectivity index (χ4n) is 2.66. The Morgan fingerprint density at radius 1 is 1.20 bits per heavy atom. The lowest BCUT2D eigenvalue weighted by Gasteiger charge is -2.12. The molecule has 3 rings (SSSR count). The second-order valence-electron chi connectivity index (χ2n) is 6.06. The first kappa shape index (κ1) is 17.5. The van der Waals surface area contributed by atoms with Crippen LogP contribution in [0, 0.1) is 5.82 Å². The molecule has 3 nitrogen and oxygen atoms in total. The van der Waals surface area contributed by atoms with Gasteiger partial charge in [0, 0.05) is 27.4 Å². The third kappa shape index (κ3) is 4.04. The summed E-state index contributed by atoms with van der Waals surface area (Å²) in [6, 6.07) is 14.7. The van der Waals surface area contributed by atoms with Crippen LogP contribution in [-0.2, 0) is 11.2 Å². The number of rotatable bonds is 6. The largest absolute Gasteiger partial charge is 0.353 e. The molecule has 2 aromatic carbocycles. The number of nitrogens with one attached hydrogen (secondary N) is 2. The van der Waals surface area contributed by atoms with E-state index in [-0.39, 0.29) is 24.2 Å². The molecule has 2 N–H and O–H groups in total. The third-order valence-electron chi connectivity index (χ3n) is 4.18. The Morgan fingerprint density at radius 2 is 1.92 bits per heavy atom. The summed E-state index contributed by atoms with van der Waals surface area (Å²) in [4.78, 5) is 16.3. The molecule has 5 heteroatoms. The van der Waals surface area contributed by atoms with Crippen molar-refractivity contribution < 1.29 is 9.18 Å². The topological polar surface area (TPSA) is 44.9 Å². The second kappa shape index (κ2) is 7.74. The maximum Gasteiger partial charge on any atom is 0.224 e. The van der Waals surface area contributed by atoms with E-state index < -0.39 is 0 Å². The van der Waals surface area contributed by atoms with Gasteiger partial charge in [-0.25, -0.2) is 4.39 Å². The summed E-state index contributed by atoms with van der Waals surface area (Å²) in [6.07, 6.45) is 1.15. The minimum Gasteiger partial charge on any atom is -0.353 e. The summed E-state index contributed by atoms with van der Waals surface area (Å²) in [7, 11) is 0. The number of carbonyl (C=O) groups excluding carboxylic acids is 1. The third-order valence-corrected chi connectivity index (χ3v) is 5.28. The molecule has 1 heterocycles. The highest BCUT2D eigenvalue weighted by Crippen LogP contribution is 2.35. The number of hydrogen-bond acceptors (Lipinski definition) is 2. The predicted molar refractivity (Wildman–Crippen MR) is 100 cm³/mol. The van der Waals surface area contributed by atoms with Gasteiger partial charge in [0.05, 0.1) is 11.4 Å². The lowest BCUT2D eigenvalue weighted by atomic mass is 10.1. The van der Waals surface area contributed by atoms with E-state index in [1.54, 1.807) is 12.1 Å². The van der Waals surface area contributed by atoms with E-state index in [1.807, 2.05) is 44.2 Å². The zero-order valence-corrected chi connectivity index (χ0v) is 15.1. The van der Waals surface area contributed by atoms with Crippen molar-refractivity contribution in [3.8, 4) is 0 Å². The highest BCUT2D eigenvalue weighted by atomic mass is 32.2. The Morgan fingerprint density at radius 3 is 2.68 bits per heavy atom. The van der Waals surface area contributed by atoms with Gasteiger partial charge in [-0.3, -0.25) is 4.79 Å². The Bertz CT molecular complexity index is 890. The molecule has 0 aliphatic heterocycles. The van der Waals surface area contributed by atoms with Crippen LogP contribution >= 0.6 is 11.8 Å². The van der Waals surface area contributed by atoms with Gasteiger partial charge < -0.3 is 10.3 Å². The van der Waals surface area contributed by atoms with Crippen LogP contribution in [0.4, 0.5) is 4.39 Å². The van der Waals surface area contributed by atoms with Crippen molar-refractivity contribution in [2.24, 2.45) is 0 Å². The van der Waals surface area contributed by atoms with E-state index in [0.717, 1.165) is 27.9 Å². The van der Waals surface area contributed by atoms with E-state index in [4.69, 9.17) is 0 Å². The van der Waals surface area contributed by atoms with Crippen LogP contribution in [0.2, 0.25) is 0 Å². The molecule has 1 atom stereocenters. The van der Waals surface area contributed by atoms with Crippen LogP contribution in [0.25, 0.3) is 10.9 Å². The quantitative estimate of drug-likeness (QED) is 0.659. The second-order valence-corrected chi connectivity index (χ2v) is 7.12. The first-order valence-electron chi connectivity index (χ1n) is 8.39. The van der Waals surface area contributed by atoms with Gasteiger partial charge in [0.1, 0.15) is 5.82 Å². The number of aromatic nitrogens is 1. The molecule has 0 saturated carbocycles. The van der Waals surface area contributed by atoms with Gasteiger partial charge in [0.15, 0.2) is 0 Å². The Balaban J connectivity index is 1.95. The lowest BCUT2D eigenvalue weighted by molar-refractivity contribution is -0.121. The number of benzene rings is 2. The molecular weight excluding hydrogens is 335 g/mol. The Hall–Kier alpha value is -2.27. The standard InChI is InChI=1S/C20H21FN2OS/c1-3-13(2)22-19(24)12-15-14-8-4-6-10-17(14)23-20(15)25-18-11-7-5-9-16(18)21/h4-11,13,23H,3,12H2,1-2H3,(H,22,24)/t13-/m0/s1. The monoisotopic (exact) mass is 356 g/mol. The highest BCUT2D eigenvalue weighted by Gasteiger charge is 2.17. The van der Waals surface area contributed by atoms with E-state index >= 15 is 0 Å². The fraction of sp³-hybridized carbons (Fsp3) is 0.250. The summed E-state index contributed by atoms with van der Waals surface area (Å²) >= 11 is 1.32. The summed E-state index contributed by atoms with van der Waals surface area (Å²) in [6.45, 7) is 4.03. The number of H-pyrrole nitrogens is 1. The van der Waals surface area contributed by atoms with E-state index in [2.05, 4.69) is 10.3 Å². The molecule has 0 radical (unpaired) electrons. The number of fused-ring (bicyclic) bond motifs is 1. The van der Waals surface area contributed by atoms with E-state index in [9.17, 15) is 9.18 Å². The normalized spacial score (nSPS) is 12.3. The SMILES string of the molecule is CC[C@H](C)NC(=O)Cc1c(Sc2ccccc2F)[nH]c2ccccc12. The molecule has 3 aromatic rings. The lowest BCUT2D eigenvalue weighted by Crippen LogP contribution is -2.33. The first-order chi connectivity index (χ1) is 12.1. The Kier molecular flexibility index (Phi) is 5.43. The van der Waals surface area contributed by atoms with Crippen molar-refractivity contribution in [1.29, 1.82) is 0 Å². The smallest absolute Gasteiger partial charge is 0.224 e. The maximum atomic E-state index is 14.0. The van der Waals surface area contributed by atoms with Crippen LogP contribution in [0.15, 0.2) is 58.5 Å². The number of amides is 1. The van der Waals surface area contributed by atoms with Crippen molar-refractivity contribution in [2.75, 3.05) is 0 Å². The van der Waals surface area contributed by atoms with Crippen LogP contribution < -0.4 is 5.32 Å². The molecule has 0 bridgehead atoms. The highest BCUT2D eigenvalue weighted by molar-refractivity contribution is 7.99. The average molecular weight is 356 g/mol. The van der Waals surface area contributed by atoms with Crippen molar-refractivity contribution in [3.63, 3.8) is 0 Å². The molecule has 0 unspecified atom stereocenters. The molecular formula is C20H21FN2OS. The fourth-order valence-corrected chi connectivity index (χ4v) is 3.66. The summed E-state index contributed by atoms with van der Waals surface area (Å²) in [5.74, 6) is -0.282. The molecule has 0 spiro atoms. The van der Waals surface area contributed by atoms with Gasteiger partial charge in [-0.2, -0.15) is 0 Å². The molecule has 130 valence electrons. The molecule has 1 amide bonds. The summed E-state index contributed by atoms with van der Waals surface area (Å²) < 4.78 is 14.0. The van der Waals surface area contributed by atoms with Gasteiger partial charge in [-0.05, 0) is 31.5 Å². The molecule has 0 aliphatic carbocycles. The van der Waals surface area contributed by atoms with Crippen molar-refractivity contribution in [2.45, 2.75) is 42.7 Å². The molecule has 25 heavy (non-hydrogen) atoms. The van der Waals surface area contributed by atoms with Crippen LogP contribution in [0.3, 0.4) is 0 Å². The maximum absolute atomic E-state index is 14.0. The predicted octanol–water partition coefficient (Wildman–Crippen LogP) is 4.92. The average Bonchev–Trinajstić information content (AvgIpc) is 2.94. The minimum absolute atomic E-state index is 0.0190. The van der Waals surface area contributed by atoms with Crippen LogP contribution in [-0.4, -0.2) is 16.9 Å². The van der Waals surface area contributed by atoms with Crippen LogP contribution in [0.1, 0.15) is 25.8 Å². The zero-order chi connectivity index (χ0) is 17.8. The van der Waals surface area contributed by atoms with E-state index in [1.165, 1.54) is 17.8 Å². The number of aromatic amines is 1. The molecule has 0 aliphatic rings. The van der Waals surface area contributed by atoms with Gasteiger partial charge in [-0.15, -0.1) is 0 Å². The van der Waals surface area contributed by atoms with Gasteiger partial charge in [0.25, 0.3) is 0 Å². The minimum atomic E-state index is -0.263. The van der Waals surface area contributed by atoms with Crippen molar-refractivity contribution in [3.05, 3.63) is 59.9 Å². The van der Waals surface area contributed by atoms with Crippen molar-refractivity contribution >= 4 is 28.6 Å². The van der Waals surface area contributed by atoms with Gasteiger partial charge in [-0.1, -0.05) is 49.0 Å². The van der Waals surface area contributed by atoms with Gasteiger partial charge in [0.2, 0.25) is 5.91 Å². The summed E-state index contributed by atoms with van der Waals surface area (Å²) in [5, 5.41) is 4.81. The van der Waals surface area contributed by atoms with Crippen molar-refractivity contribution in [1.82, 2.24) is 10.3 Å².